The van der Waals surface area contributed by atoms with Gasteiger partial charge >= 0.3 is 0 Å². The lowest BCUT2D eigenvalue weighted by molar-refractivity contribution is 0.215. The number of nitrogens with zero attached hydrogens (tertiary/aromatic N) is 2. The number of hydrazine groups is 1. The van der Waals surface area contributed by atoms with E-state index in [4.69, 9.17) is 0 Å². The third kappa shape index (κ3) is 3.52. The number of nitrogens with one attached hydrogen (secondary N) is 2. The van der Waals surface area contributed by atoms with Crippen molar-refractivity contribution in [3.63, 3.8) is 0 Å². The van der Waals surface area contributed by atoms with Crippen LogP contribution in [-0.2, 0) is 10.0 Å². The van der Waals surface area contributed by atoms with Crippen LogP contribution in [0.1, 0.15) is 24.3 Å². The zero-order valence-electron chi connectivity index (χ0n) is 16.7. The molecule has 3 heterocycles. The Kier molecular flexibility index (Phi) is 5.28. The van der Waals surface area contributed by atoms with Crippen LogP contribution in [0.15, 0.2) is 71.8 Å². The maximum atomic E-state index is 13.6. The quantitative estimate of drug-likeness (QED) is 0.676. The van der Waals surface area contributed by atoms with Crippen LogP contribution in [0.2, 0.25) is 0 Å². The third-order valence-corrected chi connectivity index (χ3v) is 8.29. The summed E-state index contributed by atoms with van der Waals surface area (Å²) in [6.45, 7) is 1.93. The Hall–Kier alpha value is -2.32. The monoisotopic (exact) mass is 422 g/mol. The van der Waals surface area contributed by atoms with Gasteiger partial charge in [-0.05, 0) is 36.5 Å². The SMILES string of the molecule is O=S(=O)(c1cccc2cccnc12)N1CCCC(C2NNCC2c2ccccc2)C1. The summed E-state index contributed by atoms with van der Waals surface area (Å²) in [4.78, 5) is 4.67. The molecule has 7 heteroatoms. The lowest BCUT2D eigenvalue weighted by Crippen LogP contribution is -2.48. The fourth-order valence-electron chi connectivity index (χ4n) is 4.89. The van der Waals surface area contributed by atoms with Crippen molar-refractivity contribution in [3.8, 4) is 0 Å². The Morgan fingerprint density at radius 2 is 1.83 bits per heavy atom. The molecule has 0 radical (unpaired) electrons. The number of aromatic nitrogens is 1. The molecule has 1 aromatic heterocycles. The van der Waals surface area contributed by atoms with Gasteiger partial charge in [-0.15, -0.1) is 0 Å². The Morgan fingerprint density at radius 1 is 1.00 bits per heavy atom. The zero-order chi connectivity index (χ0) is 20.6. The summed E-state index contributed by atoms with van der Waals surface area (Å²) in [7, 11) is -3.61. The molecule has 2 aliphatic heterocycles. The van der Waals surface area contributed by atoms with E-state index in [0.717, 1.165) is 24.8 Å². The Balaban J connectivity index is 1.42. The minimum Gasteiger partial charge on any atom is -0.257 e. The summed E-state index contributed by atoms with van der Waals surface area (Å²) in [6.07, 6.45) is 3.53. The van der Waals surface area contributed by atoms with Gasteiger partial charge in [0.05, 0.1) is 5.52 Å². The highest BCUT2D eigenvalue weighted by atomic mass is 32.2. The van der Waals surface area contributed by atoms with Gasteiger partial charge in [-0.1, -0.05) is 48.5 Å². The summed E-state index contributed by atoms with van der Waals surface area (Å²) >= 11 is 0. The van der Waals surface area contributed by atoms with Gasteiger partial charge in [-0.3, -0.25) is 15.8 Å². The van der Waals surface area contributed by atoms with E-state index in [2.05, 4.69) is 40.1 Å². The highest BCUT2D eigenvalue weighted by Gasteiger charge is 2.39. The largest absolute Gasteiger partial charge is 0.257 e. The first-order chi connectivity index (χ1) is 14.6. The maximum Gasteiger partial charge on any atom is 0.245 e. The summed E-state index contributed by atoms with van der Waals surface area (Å²) < 4.78 is 28.8. The molecule has 0 bridgehead atoms. The van der Waals surface area contributed by atoms with Crippen LogP contribution in [0.5, 0.6) is 0 Å². The molecular formula is C23H26N4O2S. The minimum atomic E-state index is -3.61. The molecule has 2 fully saturated rings. The van der Waals surface area contributed by atoms with E-state index >= 15 is 0 Å². The predicted octanol–water partition coefficient (Wildman–Crippen LogP) is 2.90. The number of sulfonamides is 1. The molecule has 30 heavy (non-hydrogen) atoms. The van der Waals surface area contributed by atoms with Crippen LogP contribution in [0, 0.1) is 5.92 Å². The molecule has 2 saturated heterocycles. The summed E-state index contributed by atoms with van der Waals surface area (Å²) in [5.74, 6) is 0.578. The molecule has 156 valence electrons. The lowest BCUT2D eigenvalue weighted by atomic mass is 9.81. The average molecular weight is 423 g/mol. The Labute approximate surface area is 177 Å². The molecule has 3 atom stereocenters. The van der Waals surface area contributed by atoms with Crippen molar-refractivity contribution in [1.29, 1.82) is 0 Å². The molecule has 2 N–H and O–H groups in total. The first-order valence-corrected chi connectivity index (χ1v) is 12.0. The number of hydrogen-bond donors (Lipinski definition) is 2. The van der Waals surface area contributed by atoms with Crippen LogP contribution in [-0.4, -0.2) is 43.4 Å². The zero-order valence-corrected chi connectivity index (χ0v) is 17.6. The van der Waals surface area contributed by atoms with Crippen molar-refractivity contribution >= 4 is 20.9 Å². The van der Waals surface area contributed by atoms with Gasteiger partial charge in [0.15, 0.2) is 0 Å². The summed E-state index contributed by atoms with van der Waals surface area (Å²) in [6, 6.07) is 19.8. The fourth-order valence-corrected chi connectivity index (χ4v) is 6.60. The van der Waals surface area contributed by atoms with E-state index < -0.39 is 10.0 Å². The van der Waals surface area contributed by atoms with Gasteiger partial charge in [0, 0.05) is 43.2 Å². The molecule has 3 aromatic rings. The lowest BCUT2D eigenvalue weighted by Gasteiger charge is -2.36. The van der Waals surface area contributed by atoms with E-state index in [1.165, 1.54) is 5.56 Å². The normalized spacial score (nSPS) is 25.5. The van der Waals surface area contributed by atoms with E-state index in [1.807, 2.05) is 24.3 Å². The summed E-state index contributed by atoms with van der Waals surface area (Å²) in [5.41, 5.74) is 8.57. The van der Waals surface area contributed by atoms with Gasteiger partial charge < -0.3 is 0 Å². The predicted molar refractivity (Wildman–Crippen MR) is 117 cm³/mol. The Bertz CT molecular complexity index is 1130. The first kappa shape index (κ1) is 19.6. The molecule has 6 nitrogen and oxygen atoms in total. The molecule has 5 rings (SSSR count). The van der Waals surface area contributed by atoms with Crippen LogP contribution in [0.25, 0.3) is 10.9 Å². The molecule has 2 aliphatic rings. The molecular weight excluding hydrogens is 396 g/mol. The van der Waals surface area contributed by atoms with Crippen LogP contribution >= 0.6 is 0 Å². The fraction of sp³-hybridized carbons (Fsp3) is 0.348. The van der Waals surface area contributed by atoms with Crippen molar-refractivity contribution in [2.24, 2.45) is 5.92 Å². The maximum absolute atomic E-state index is 13.6. The second kappa shape index (κ2) is 8.07. The van der Waals surface area contributed by atoms with Crippen LogP contribution in [0.3, 0.4) is 0 Å². The highest BCUT2D eigenvalue weighted by molar-refractivity contribution is 7.89. The van der Waals surface area contributed by atoms with Gasteiger partial charge in [-0.25, -0.2) is 8.42 Å². The van der Waals surface area contributed by atoms with Gasteiger partial charge in [-0.2, -0.15) is 4.31 Å². The second-order valence-electron chi connectivity index (χ2n) is 8.16. The number of benzene rings is 2. The molecule has 0 saturated carbocycles. The highest BCUT2D eigenvalue weighted by Crippen LogP contribution is 2.34. The first-order valence-electron chi connectivity index (χ1n) is 10.5. The average Bonchev–Trinajstić information content (AvgIpc) is 3.29. The van der Waals surface area contributed by atoms with E-state index in [1.54, 1.807) is 22.6 Å². The summed E-state index contributed by atoms with van der Waals surface area (Å²) in [5, 5.41) is 0.845. The van der Waals surface area contributed by atoms with Crippen LogP contribution in [0.4, 0.5) is 0 Å². The Morgan fingerprint density at radius 3 is 2.70 bits per heavy atom. The molecule has 0 spiro atoms. The number of pyridine rings is 1. The van der Waals surface area contributed by atoms with Gasteiger partial charge in [0.1, 0.15) is 4.90 Å². The van der Waals surface area contributed by atoms with E-state index in [9.17, 15) is 8.42 Å². The minimum absolute atomic E-state index is 0.205. The molecule has 2 aromatic carbocycles. The van der Waals surface area contributed by atoms with Crippen LogP contribution < -0.4 is 10.9 Å². The van der Waals surface area contributed by atoms with Crippen molar-refractivity contribution in [1.82, 2.24) is 20.1 Å². The van der Waals surface area contributed by atoms with Gasteiger partial charge in [0.25, 0.3) is 0 Å². The number of para-hydroxylation sites is 1. The van der Waals surface area contributed by atoms with Crippen molar-refractivity contribution in [3.05, 3.63) is 72.4 Å². The third-order valence-electron chi connectivity index (χ3n) is 6.39. The number of hydrogen-bond acceptors (Lipinski definition) is 5. The van der Waals surface area contributed by atoms with Crippen molar-refractivity contribution in [2.45, 2.75) is 29.7 Å². The second-order valence-corrected chi connectivity index (χ2v) is 10.1. The topological polar surface area (TPSA) is 74.3 Å². The molecule has 0 amide bonds. The van der Waals surface area contributed by atoms with E-state index in [0.29, 0.717) is 29.4 Å². The van der Waals surface area contributed by atoms with E-state index in [-0.39, 0.29) is 12.0 Å². The number of rotatable bonds is 4. The smallest absolute Gasteiger partial charge is 0.245 e. The molecule has 3 unspecified atom stereocenters. The van der Waals surface area contributed by atoms with Gasteiger partial charge in [0.2, 0.25) is 10.0 Å². The number of piperidine rings is 1. The molecule has 0 aliphatic carbocycles. The van der Waals surface area contributed by atoms with Crippen molar-refractivity contribution in [2.75, 3.05) is 19.6 Å². The standard InChI is InChI=1S/C23H26N4O2S/c28-30(29,21-12-4-9-18-10-5-13-24-23(18)21)27-14-6-11-19(16-27)22-20(15-25-26-22)17-7-2-1-3-8-17/h1-5,7-10,12-13,19-20,22,25-26H,6,11,14-16H2. The van der Waals surface area contributed by atoms with Crippen molar-refractivity contribution < 1.29 is 8.42 Å². The number of fused-ring (bicyclic) bond motifs is 1.